The van der Waals surface area contributed by atoms with Gasteiger partial charge in [0, 0.05) is 25.0 Å². The van der Waals surface area contributed by atoms with Gasteiger partial charge < -0.3 is 9.64 Å². The molecule has 2 fully saturated rings. The first-order valence-electron chi connectivity index (χ1n) is 9.22. The largest absolute Gasteiger partial charge is 0.444 e. The van der Waals surface area contributed by atoms with Gasteiger partial charge in [-0.05, 0) is 52.7 Å². The molecule has 2 aliphatic heterocycles. The van der Waals surface area contributed by atoms with Crippen LogP contribution in [-0.2, 0) is 19.0 Å². The van der Waals surface area contributed by atoms with Crippen LogP contribution in [0.5, 0.6) is 0 Å². The van der Waals surface area contributed by atoms with Crippen molar-refractivity contribution in [3.8, 4) is 0 Å². The molecule has 150 valence electrons. The lowest BCUT2D eigenvalue weighted by Gasteiger charge is -2.53. The van der Waals surface area contributed by atoms with Gasteiger partial charge in [-0.2, -0.15) is 8.42 Å². The predicted octanol–water partition coefficient (Wildman–Crippen LogP) is 2.65. The number of hydrogen-bond donors (Lipinski definition) is 1. The molecule has 2 aliphatic rings. The first-order valence-corrected chi connectivity index (χ1v) is 10.6. The molecule has 8 heteroatoms. The highest BCUT2D eigenvalue weighted by Gasteiger charge is 2.53. The Hall–Kier alpha value is -1.64. The number of nitrogens with zero attached hydrogens (tertiary/aromatic N) is 1. The van der Waals surface area contributed by atoms with Crippen LogP contribution in [-0.4, -0.2) is 50.9 Å². The van der Waals surface area contributed by atoms with Crippen molar-refractivity contribution in [3.63, 3.8) is 0 Å². The van der Waals surface area contributed by atoms with Crippen molar-refractivity contribution in [2.75, 3.05) is 19.6 Å². The number of rotatable bonds is 3. The first kappa shape index (κ1) is 20.1. The zero-order valence-corrected chi connectivity index (χ0v) is 17.1. The smallest absolute Gasteiger partial charge is 0.410 e. The van der Waals surface area contributed by atoms with Gasteiger partial charge in [-0.25, -0.2) is 8.98 Å². The van der Waals surface area contributed by atoms with E-state index in [1.807, 2.05) is 27.7 Å². The summed E-state index contributed by atoms with van der Waals surface area (Å²) in [5, 5.41) is 3.07. The van der Waals surface area contributed by atoms with Crippen LogP contribution in [0.2, 0.25) is 0 Å². The van der Waals surface area contributed by atoms with Crippen molar-refractivity contribution >= 4 is 16.2 Å². The van der Waals surface area contributed by atoms with Crippen molar-refractivity contribution < 1.29 is 22.1 Å². The third kappa shape index (κ3) is 4.44. The Labute approximate surface area is 161 Å². The van der Waals surface area contributed by atoms with Gasteiger partial charge in [0.25, 0.3) is 10.1 Å². The second-order valence-corrected chi connectivity index (χ2v) is 10.1. The molecule has 2 saturated heterocycles. The molecular formula is C19H28N2O5S. The Bertz CT molecular complexity index is 800. The fourth-order valence-electron chi connectivity index (χ4n) is 3.50. The van der Waals surface area contributed by atoms with Crippen molar-refractivity contribution in [2.45, 2.75) is 57.3 Å². The van der Waals surface area contributed by atoms with Gasteiger partial charge in [-0.3, -0.25) is 5.32 Å². The molecule has 1 aromatic carbocycles. The van der Waals surface area contributed by atoms with Crippen LogP contribution in [0, 0.1) is 12.3 Å². The lowest BCUT2D eigenvalue weighted by atomic mass is 9.73. The minimum absolute atomic E-state index is 0.136. The Kier molecular flexibility index (Phi) is 5.26. The highest BCUT2D eigenvalue weighted by molar-refractivity contribution is 7.86. The van der Waals surface area contributed by atoms with Gasteiger partial charge in [0.15, 0.2) is 0 Å². The summed E-state index contributed by atoms with van der Waals surface area (Å²) < 4.78 is 36.2. The van der Waals surface area contributed by atoms with Crippen molar-refractivity contribution in [2.24, 2.45) is 5.41 Å². The van der Waals surface area contributed by atoms with Crippen LogP contribution in [0.15, 0.2) is 29.2 Å². The monoisotopic (exact) mass is 396 g/mol. The third-order valence-corrected chi connectivity index (χ3v) is 6.28. The number of aryl methyl sites for hydroxylation is 1. The second kappa shape index (κ2) is 7.07. The number of amides is 1. The number of ether oxygens (including phenoxy) is 1. The van der Waals surface area contributed by atoms with E-state index < -0.39 is 27.4 Å². The van der Waals surface area contributed by atoms with Gasteiger partial charge in [0.2, 0.25) is 0 Å². The van der Waals surface area contributed by atoms with Crippen LogP contribution in [0.25, 0.3) is 0 Å². The average molecular weight is 397 g/mol. The lowest BCUT2D eigenvalue weighted by molar-refractivity contribution is -0.0955. The number of piperidine rings is 1. The summed E-state index contributed by atoms with van der Waals surface area (Å²) in [6, 6.07) is 6.57. The summed E-state index contributed by atoms with van der Waals surface area (Å²) >= 11 is 0. The summed E-state index contributed by atoms with van der Waals surface area (Å²) in [5.74, 6) is 0. The standard InChI is InChI=1S/C19H28N2O5S/c1-14-6-8-15(9-7-14)27(23,24)26-16-19(12-20-16)10-5-11-21(13-19)17(22)25-18(2,3)4/h6-9,16,20H,5,10-13H2,1-4H3. The van der Waals surface area contributed by atoms with E-state index in [9.17, 15) is 13.2 Å². The minimum atomic E-state index is -3.88. The van der Waals surface area contributed by atoms with Crippen LogP contribution >= 0.6 is 0 Å². The second-order valence-electron chi connectivity index (χ2n) is 8.49. The van der Waals surface area contributed by atoms with E-state index >= 15 is 0 Å². The van der Waals surface area contributed by atoms with E-state index in [1.54, 1.807) is 29.2 Å². The van der Waals surface area contributed by atoms with E-state index in [0.29, 0.717) is 19.6 Å². The zero-order chi connectivity index (χ0) is 19.9. The van der Waals surface area contributed by atoms with Crippen molar-refractivity contribution in [1.82, 2.24) is 10.2 Å². The predicted molar refractivity (Wildman–Crippen MR) is 101 cm³/mol. The fourth-order valence-corrected chi connectivity index (χ4v) is 4.60. The van der Waals surface area contributed by atoms with Gasteiger partial charge in [-0.1, -0.05) is 17.7 Å². The fraction of sp³-hybridized carbons (Fsp3) is 0.632. The number of carbonyl (C=O) groups excluding carboxylic acids is 1. The summed E-state index contributed by atoms with van der Waals surface area (Å²) in [5.41, 5.74) is 0.00410. The maximum atomic E-state index is 12.6. The number of hydrogen-bond acceptors (Lipinski definition) is 6. The molecular weight excluding hydrogens is 368 g/mol. The first-order chi connectivity index (χ1) is 12.5. The van der Waals surface area contributed by atoms with Crippen LogP contribution in [0.1, 0.15) is 39.2 Å². The molecule has 0 bridgehead atoms. The van der Waals surface area contributed by atoms with E-state index in [0.717, 1.165) is 18.4 Å². The maximum absolute atomic E-state index is 12.6. The summed E-state index contributed by atoms with van der Waals surface area (Å²) in [6.07, 6.45) is 0.571. The maximum Gasteiger partial charge on any atom is 0.410 e. The highest BCUT2D eigenvalue weighted by Crippen LogP contribution is 2.41. The lowest BCUT2D eigenvalue weighted by Crippen LogP contribution is -2.69. The van der Waals surface area contributed by atoms with E-state index in [1.165, 1.54) is 0 Å². The van der Waals surface area contributed by atoms with Crippen molar-refractivity contribution in [1.29, 1.82) is 0 Å². The molecule has 2 heterocycles. The van der Waals surface area contributed by atoms with E-state index in [4.69, 9.17) is 8.92 Å². The van der Waals surface area contributed by atoms with E-state index in [2.05, 4.69) is 5.32 Å². The Balaban J connectivity index is 1.70. The summed E-state index contributed by atoms with van der Waals surface area (Å²) in [6.45, 7) is 9.02. The SMILES string of the molecule is Cc1ccc(S(=O)(=O)OC2NCC23CCCN(C(=O)OC(C)(C)C)C3)cc1. The zero-order valence-electron chi connectivity index (χ0n) is 16.3. The van der Waals surface area contributed by atoms with E-state index in [-0.39, 0.29) is 11.0 Å². The Morgan fingerprint density at radius 2 is 1.93 bits per heavy atom. The summed E-state index contributed by atoms with van der Waals surface area (Å²) in [7, 11) is -3.88. The molecule has 1 amide bonds. The topological polar surface area (TPSA) is 84.9 Å². The van der Waals surface area contributed by atoms with Gasteiger partial charge in [-0.15, -0.1) is 0 Å². The number of likely N-dealkylation sites (tertiary alicyclic amines) is 1. The quantitative estimate of drug-likeness (QED) is 0.791. The Morgan fingerprint density at radius 1 is 1.26 bits per heavy atom. The van der Waals surface area contributed by atoms with Crippen LogP contribution in [0.4, 0.5) is 4.79 Å². The molecule has 1 N–H and O–H groups in total. The molecule has 1 spiro atoms. The van der Waals surface area contributed by atoms with Gasteiger partial charge in [0.05, 0.1) is 4.90 Å². The molecule has 0 saturated carbocycles. The molecule has 3 rings (SSSR count). The molecule has 0 aliphatic carbocycles. The van der Waals surface area contributed by atoms with Crippen LogP contribution in [0.3, 0.4) is 0 Å². The number of nitrogens with one attached hydrogen (secondary N) is 1. The molecule has 2 unspecified atom stereocenters. The normalized spacial score (nSPS) is 25.9. The highest BCUT2D eigenvalue weighted by atomic mass is 32.2. The minimum Gasteiger partial charge on any atom is -0.444 e. The number of benzene rings is 1. The average Bonchev–Trinajstić information content (AvgIpc) is 2.58. The van der Waals surface area contributed by atoms with Gasteiger partial charge >= 0.3 is 6.09 Å². The third-order valence-electron chi connectivity index (χ3n) is 4.99. The molecule has 0 aromatic heterocycles. The van der Waals surface area contributed by atoms with Gasteiger partial charge in [0.1, 0.15) is 11.8 Å². The molecule has 27 heavy (non-hydrogen) atoms. The summed E-state index contributed by atoms with van der Waals surface area (Å²) in [4.78, 5) is 14.2. The van der Waals surface area contributed by atoms with Crippen LogP contribution < -0.4 is 5.32 Å². The Morgan fingerprint density at radius 3 is 2.48 bits per heavy atom. The molecule has 1 aromatic rings. The van der Waals surface area contributed by atoms with Crippen molar-refractivity contribution in [3.05, 3.63) is 29.8 Å². The molecule has 2 atom stereocenters. The molecule has 7 nitrogen and oxygen atoms in total. The molecule has 0 radical (unpaired) electrons. The number of carbonyl (C=O) groups is 1.